The van der Waals surface area contributed by atoms with Crippen molar-refractivity contribution in [3.8, 4) is 17.2 Å². The third kappa shape index (κ3) is 2.21. The third-order valence-corrected chi connectivity index (χ3v) is 3.96. The molecule has 1 amide bonds. The number of carbonyl (C=O) groups excluding carboxylic acids is 1. The molecule has 0 saturated heterocycles. The van der Waals surface area contributed by atoms with E-state index in [-0.39, 0.29) is 11.7 Å². The lowest BCUT2D eigenvalue weighted by molar-refractivity contribution is 0.0963. The van der Waals surface area contributed by atoms with Crippen molar-refractivity contribution in [2.45, 2.75) is 13.8 Å². The van der Waals surface area contributed by atoms with Crippen LogP contribution in [-0.4, -0.2) is 25.0 Å². The van der Waals surface area contributed by atoms with Crippen LogP contribution in [0.2, 0.25) is 0 Å². The minimum absolute atomic E-state index is 0.214. The maximum absolute atomic E-state index is 12.1. The summed E-state index contributed by atoms with van der Waals surface area (Å²) < 4.78 is 11.4. The highest BCUT2D eigenvalue weighted by Gasteiger charge is 2.29. The zero-order valence-corrected chi connectivity index (χ0v) is 13.4. The van der Waals surface area contributed by atoms with Gasteiger partial charge in [0.05, 0.1) is 12.7 Å². The van der Waals surface area contributed by atoms with Crippen LogP contribution in [0, 0.1) is 13.8 Å². The van der Waals surface area contributed by atoms with Crippen molar-refractivity contribution < 1.29 is 14.3 Å². The van der Waals surface area contributed by atoms with Gasteiger partial charge in [-0.2, -0.15) is 0 Å². The summed E-state index contributed by atoms with van der Waals surface area (Å²) in [5.74, 6) is 1.53. The molecule has 3 rings (SSSR count). The van der Waals surface area contributed by atoms with E-state index in [1.54, 1.807) is 14.2 Å². The summed E-state index contributed by atoms with van der Waals surface area (Å²) in [5, 5.41) is 5.80. The molecule has 2 heterocycles. The number of nitrogens with one attached hydrogen (secondary N) is 2. The Kier molecular flexibility index (Phi) is 3.48. The van der Waals surface area contributed by atoms with Crippen LogP contribution in [0.4, 0.5) is 17.2 Å². The molecule has 7 nitrogen and oxygen atoms in total. The van der Waals surface area contributed by atoms with E-state index in [1.165, 1.54) is 6.20 Å². The second-order valence-corrected chi connectivity index (χ2v) is 5.29. The number of rotatable bonds is 2. The third-order valence-electron chi connectivity index (χ3n) is 3.96. The van der Waals surface area contributed by atoms with Crippen LogP contribution < -0.4 is 25.8 Å². The first kappa shape index (κ1) is 15.0. The minimum Gasteiger partial charge on any atom is -0.494 e. The van der Waals surface area contributed by atoms with E-state index in [0.29, 0.717) is 34.2 Å². The van der Waals surface area contributed by atoms with Gasteiger partial charge in [0.1, 0.15) is 17.1 Å². The lowest BCUT2D eigenvalue weighted by Crippen LogP contribution is -2.21. The number of nitrogens with zero attached hydrogens (tertiary/aromatic N) is 1. The summed E-state index contributed by atoms with van der Waals surface area (Å²) in [6.07, 6.45) is 1.42. The summed E-state index contributed by atoms with van der Waals surface area (Å²) in [7, 11) is 3.14. The van der Waals surface area contributed by atoms with Crippen LogP contribution in [-0.2, 0) is 0 Å². The van der Waals surface area contributed by atoms with Crippen LogP contribution in [0.5, 0.6) is 17.2 Å². The van der Waals surface area contributed by atoms with Crippen molar-refractivity contribution in [1.29, 1.82) is 0 Å². The molecule has 0 saturated carbocycles. The van der Waals surface area contributed by atoms with Crippen LogP contribution in [0.3, 0.4) is 0 Å². The highest BCUT2D eigenvalue weighted by Crippen LogP contribution is 2.51. The molecular formula is C16H18N4O3. The molecule has 0 bridgehead atoms. The molecule has 1 aromatic heterocycles. The van der Waals surface area contributed by atoms with Crippen molar-refractivity contribution in [3.05, 3.63) is 29.0 Å². The smallest absolute Gasteiger partial charge is 0.254 e. The number of aryl methyl sites for hydroxylation is 1. The highest BCUT2D eigenvalue weighted by atomic mass is 16.5. The Labute approximate surface area is 133 Å². The predicted octanol–water partition coefficient (Wildman–Crippen LogP) is 2.50. The first-order chi connectivity index (χ1) is 11.0. The van der Waals surface area contributed by atoms with E-state index in [0.717, 1.165) is 11.1 Å². The van der Waals surface area contributed by atoms with Crippen molar-refractivity contribution in [3.63, 3.8) is 0 Å². The molecule has 1 aliphatic heterocycles. The molecule has 1 aromatic carbocycles. The fourth-order valence-corrected chi connectivity index (χ4v) is 2.53. The van der Waals surface area contributed by atoms with Crippen molar-refractivity contribution in [2.24, 2.45) is 0 Å². The van der Waals surface area contributed by atoms with Gasteiger partial charge >= 0.3 is 0 Å². The molecule has 0 unspecified atom stereocenters. The lowest BCUT2D eigenvalue weighted by Gasteiger charge is -2.27. The number of anilines is 3. The number of methoxy groups -OCH3 is 1. The van der Waals surface area contributed by atoms with Crippen molar-refractivity contribution in [2.75, 3.05) is 25.2 Å². The van der Waals surface area contributed by atoms with Gasteiger partial charge < -0.3 is 25.8 Å². The van der Waals surface area contributed by atoms with E-state index in [2.05, 4.69) is 15.6 Å². The van der Waals surface area contributed by atoms with Gasteiger partial charge in [0, 0.05) is 13.2 Å². The highest BCUT2D eigenvalue weighted by molar-refractivity contribution is 6.03. The van der Waals surface area contributed by atoms with Gasteiger partial charge in [0.25, 0.3) is 5.91 Å². The number of amides is 1. The Morgan fingerprint density at radius 2 is 2.09 bits per heavy atom. The van der Waals surface area contributed by atoms with Crippen LogP contribution >= 0.6 is 0 Å². The number of ether oxygens (including phenoxy) is 2. The first-order valence-electron chi connectivity index (χ1n) is 7.11. The summed E-state index contributed by atoms with van der Waals surface area (Å²) in [5.41, 5.74) is 9.41. The molecule has 0 radical (unpaired) electrons. The molecule has 0 aliphatic carbocycles. The largest absolute Gasteiger partial charge is 0.494 e. The van der Waals surface area contributed by atoms with E-state index in [1.807, 2.05) is 19.9 Å². The molecule has 2 aromatic rings. The number of fused-ring (bicyclic) bond motifs is 2. The quantitative estimate of drug-likeness (QED) is 0.672. The number of carbonyl (C=O) groups is 1. The zero-order chi connectivity index (χ0) is 16.7. The number of benzene rings is 1. The first-order valence-corrected chi connectivity index (χ1v) is 7.11. The second-order valence-electron chi connectivity index (χ2n) is 5.29. The molecule has 0 spiro atoms. The number of hydrogen-bond acceptors (Lipinski definition) is 6. The Hall–Kier alpha value is -2.96. The fraction of sp³-hybridized carbons (Fsp3) is 0.250. The standard InChI is InChI=1S/C16H18N4O3/c1-7-5-10(22-4)12-13(8(7)2)23-14-11(20-12)9(16(21)18-3)6-19-15(14)17/h5-6,20H,1-4H3,(H2,17,19)(H,18,21). The zero-order valence-electron chi connectivity index (χ0n) is 13.4. The van der Waals surface area contributed by atoms with Gasteiger partial charge in [-0.05, 0) is 31.0 Å². The Morgan fingerprint density at radius 3 is 2.74 bits per heavy atom. The average Bonchev–Trinajstić information content (AvgIpc) is 2.56. The Bertz CT molecular complexity index is 818. The predicted molar refractivity (Wildman–Crippen MR) is 87.9 cm³/mol. The number of nitrogens with two attached hydrogens (primary N) is 1. The van der Waals surface area contributed by atoms with Gasteiger partial charge in [0.2, 0.25) is 0 Å². The van der Waals surface area contributed by atoms with Gasteiger partial charge in [-0.1, -0.05) is 0 Å². The second kappa shape index (κ2) is 5.35. The van der Waals surface area contributed by atoms with Crippen molar-refractivity contribution >= 4 is 23.1 Å². The van der Waals surface area contributed by atoms with E-state index in [9.17, 15) is 4.79 Å². The number of pyridine rings is 1. The number of aromatic nitrogens is 1. The van der Waals surface area contributed by atoms with Crippen molar-refractivity contribution in [1.82, 2.24) is 10.3 Å². The van der Waals surface area contributed by atoms with E-state index >= 15 is 0 Å². The Morgan fingerprint density at radius 1 is 1.35 bits per heavy atom. The Balaban J connectivity index is 2.23. The lowest BCUT2D eigenvalue weighted by atomic mass is 10.0. The molecule has 1 aliphatic rings. The van der Waals surface area contributed by atoms with Gasteiger partial charge in [0.15, 0.2) is 17.3 Å². The molecule has 0 atom stereocenters. The molecule has 23 heavy (non-hydrogen) atoms. The summed E-state index contributed by atoms with van der Waals surface area (Å²) >= 11 is 0. The minimum atomic E-state index is -0.281. The van der Waals surface area contributed by atoms with Crippen LogP contribution in [0.1, 0.15) is 21.5 Å². The summed E-state index contributed by atoms with van der Waals surface area (Å²) in [6.45, 7) is 3.92. The van der Waals surface area contributed by atoms with E-state index in [4.69, 9.17) is 15.2 Å². The topological polar surface area (TPSA) is 98.5 Å². The van der Waals surface area contributed by atoms with Gasteiger partial charge in [-0.3, -0.25) is 4.79 Å². The fourth-order valence-electron chi connectivity index (χ4n) is 2.53. The molecule has 120 valence electrons. The van der Waals surface area contributed by atoms with Crippen LogP contribution in [0.25, 0.3) is 0 Å². The summed E-state index contributed by atoms with van der Waals surface area (Å²) in [6, 6.07) is 1.92. The van der Waals surface area contributed by atoms with Crippen LogP contribution in [0.15, 0.2) is 12.3 Å². The number of hydrogen-bond donors (Lipinski definition) is 3. The van der Waals surface area contributed by atoms with E-state index < -0.39 is 0 Å². The van der Waals surface area contributed by atoms with Gasteiger partial charge in [-0.15, -0.1) is 0 Å². The van der Waals surface area contributed by atoms with Gasteiger partial charge in [-0.25, -0.2) is 4.98 Å². The SMILES string of the molecule is CNC(=O)c1cnc(N)c2c1Nc1c(OC)cc(C)c(C)c1O2. The maximum Gasteiger partial charge on any atom is 0.254 e. The maximum atomic E-state index is 12.1. The molecule has 4 N–H and O–H groups in total. The molecule has 0 fully saturated rings. The monoisotopic (exact) mass is 314 g/mol. The summed E-state index contributed by atoms with van der Waals surface area (Å²) in [4.78, 5) is 16.1. The normalized spacial score (nSPS) is 11.7. The average molecular weight is 314 g/mol. The molecular weight excluding hydrogens is 296 g/mol. The molecule has 7 heteroatoms. The number of nitrogen functional groups attached to an aromatic ring is 1.